The molecule has 0 nitrogen and oxygen atoms in total. The zero-order chi connectivity index (χ0) is 7.78. The van der Waals surface area contributed by atoms with Gasteiger partial charge in [0.05, 0.1) is 0 Å². The molecular weight excluding hydrogens is 132 g/mol. The second kappa shape index (κ2) is 5.96. The number of rotatable bonds is 0. The first-order valence-electron chi connectivity index (χ1n) is 4.45. The first kappa shape index (κ1) is 8.32. The minimum atomic E-state index is 1.10. The largest absolute Gasteiger partial charge is 0.0882 e. The quantitative estimate of drug-likeness (QED) is 0.460. The van der Waals surface area contributed by atoms with Crippen molar-refractivity contribution in [3.05, 3.63) is 36.5 Å². The van der Waals surface area contributed by atoms with Crippen molar-refractivity contribution in [1.82, 2.24) is 0 Å². The lowest BCUT2D eigenvalue weighted by atomic mass is 10.2. The highest BCUT2D eigenvalue weighted by atomic mass is 13.9. The Morgan fingerprint density at radius 2 is 1.00 bits per heavy atom. The number of allylic oxidation sites excluding steroid dienone is 6. The van der Waals surface area contributed by atoms with Crippen LogP contribution in [0.25, 0.3) is 0 Å². The zero-order valence-electron chi connectivity index (χ0n) is 7.00. The van der Waals surface area contributed by atoms with Crippen LogP contribution in [-0.4, -0.2) is 0 Å². The summed E-state index contributed by atoms with van der Waals surface area (Å²) in [6, 6.07) is 0. The lowest BCUT2D eigenvalue weighted by molar-refractivity contribution is 0.865. The van der Waals surface area contributed by atoms with Crippen molar-refractivity contribution < 1.29 is 0 Å². The molecule has 0 heteroatoms. The van der Waals surface area contributed by atoms with E-state index in [0.717, 1.165) is 12.8 Å². The van der Waals surface area contributed by atoms with Crippen LogP contribution in [-0.2, 0) is 0 Å². The first-order chi connectivity index (χ1) is 5.50. The van der Waals surface area contributed by atoms with Gasteiger partial charge in [-0.2, -0.15) is 0 Å². The van der Waals surface area contributed by atoms with Crippen LogP contribution in [0.1, 0.15) is 32.1 Å². The molecule has 0 atom stereocenters. The summed E-state index contributed by atoms with van der Waals surface area (Å²) < 4.78 is 0. The molecule has 0 aromatic heterocycles. The van der Waals surface area contributed by atoms with E-state index in [9.17, 15) is 0 Å². The minimum Gasteiger partial charge on any atom is -0.0882 e. The van der Waals surface area contributed by atoms with Crippen LogP contribution >= 0.6 is 0 Å². The van der Waals surface area contributed by atoms with Gasteiger partial charge in [-0.1, -0.05) is 36.5 Å². The van der Waals surface area contributed by atoms with E-state index in [-0.39, 0.29) is 0 Å². The van der Waals surface area contributed by atoms with Gasteiger partial charge in [-0.15, -0.1) is 0 Å². The molecule has 0 N–H and O–H groups in total. The molecule has 0 aliphatic heterocycles. The van der Waals surface area contributed by atoms with Crippen LogP contribution < -0.4 is 0 Å². The number of hydrogen-bond donors (Lipinski definition) is 0. The van der Waals surface area contributed by atoms with Gasteiger partial charge in [0.15, 0.2) is 0 Å². The Morgan fingerprint density at radius 3 is 1.55 bits per heavy atom. The predicted molar refractivity (Wildman–Crippen MR) is 50.5 cm³/mol. The molecule has 0 amide bonds. The molecule has 0 spiro atoms. The van der Waals surface area contributed by atoms with Gasteiger partial charge in [0.25, 0.3) is 0 Å². The van der Waals surface area contributed by atoms with Gasteiger partial charge >= 0.3 is 0 Å². The fourth-order valence-electron chi connectivity index (χ4n) is 1.13. The van der Waals surface area contributed by atoms with E-state index in [4.69, 9.17) is 0 Å². The maximum absolute atomic E-state index is 2.28. The summed E-state index contributed by atoms with van der Waals surface area (Å²) in [4.78, 5) is 0. The Labute approximate surface area is 69.3 Å². The molecule has 0 bridgehead atoms. The average molecular weight is 148 g/mol. The summed E-state index contributed by atoms with van der Waals surface area (Å²) in [7, 11) is 0. The van der Waals surface area contributed by atoms with Crippen molar-refractivity contribution in [2.45, 2.75) is 32.1 Å². The van der Waals surface area contributed by atoms with Crippen LogP contribution in [0.5, 0.6) is 0 Å². The minimum absolute atomic E-state index is 1.10. The molecule has 0 heterocycles. The van der Waals surface area contributed by atoms with E-state index in [1.165, 1.54) is 19.3 Å². The van der Waals surface area contributed by atoms with E-state index >= 15 is 0 Å². The smallest absolute Gasteiger partial charge is 0.0169 e. The van der Waals surface area contributed by atoms with E-state index in [1.54, 1.807) is 0 Å². The summed E-state index contributed by atoms with van der Waals surface area (Å²) in [6.07, 6.45) is 19.5. The fourth-order valence-corrected chi connectivity index (χ4v) is 1.13. The molecule has 0 unspecified atom stereocenters. The SMILES string of the molecule is C1=CCCC/C=C\C/C=C/C1. The van der Waals surface area contributed by atoms with Crippen LogP contribution in [0.3, 0.4) is 0 Å². The van der Waals surface area contributed by atoms with Gasteiger partial charge in [0.2, 0.25) is 0 Å². The Hall–Kier alpha value is -0.780. The van der Waals surface area contributed by atoms with Crippen LogP contribution in [0.15, 0.2) is 36.5 Å². The second-order valence-corrected chi connectivity index (χ2v) is 2.82. The van der Waals surface area contributed by atoms with E-state index in [1.807, 2.05) is 0 Å². The van der Waals surface area contributed by atoms with Crippen LogP contribution in [0.2, 0.25) is 0 Å². The van der Waals surface area contributed by atoms with E-state index < -0.39 is 0 Å². The third-order valence-electron chi connectivity index (χ3n) is 1.79. The molecular formula is C11H16. The van der Waals surface area contributed by atoms with E-state index in [2.05, 4.69) is 36.5 Å². The maximum atomic E-state index is 2.28. The molecule has 1 aliphatic carbocycles. The molecule has 0 radical (unpaired) electrons. The van der Waals surface area contributed by atoms with Gasteiger partial charge in [-0.05, 0) is 32.1 Å². The third-order valence-corrected chi connectivity index (χ3v) is 1.79. The summed E-state index contributed by atoms with van der Waals surface area (Å²) >= 11 is 0. The van der Waals surface area contributed by atoms with Gasteiger partial charge < -0.3 is 0 Å². The Morgan fingerprint density at radius 1 is 0.545 bits per heavy atom. The predicted octanol–water partition coefficient (Wildman–Crippen LogP) is 3.62. The Kier molecular flexibility index (Phi) is 4.51. The van der Waals surface area contributed by atoms with Crippen molar-refractivity contribution in [3.63, 3.8) is 0 Å². The molecule has 0 fully saturated rings. The van der Waals surface area contributed by atoms with Gasteiger partial charge in [-0.3, -0.25) is 0 Å². The zero-order valence-corrected chi connectivity index (χ0v) is 7.00. The van der Waals surface area contributed by atoms with Crippen molar-refractivity contribution in [3.8, 4) is 0 Å². The third kappa shape index (κ3) is 4.60. The molecule has 1 aliphatic rings. The fraction of sp³-hybridized carbons (Fsp3) is 0.455. The highest BCUT2D eigenvalue weighted by Gasteiger charge is 1.81. The summed E-state index contributed by atoms with van der Waals surface area (Å²) in [6.45, 7) is 0. The molecule has 0 saturated carbocycles. The topological polar surface area (TPSA) is 0 Å². The van der Waals surface area contributed by atoms with Gasteiger partial charge in [0.1, 0.15) is 0 Å². The molecule has 0 aromatic rings. The molecule has 60 valence electrons. The molecule has 1 rings (SSSR count). The van der Waals surface area contributed by atoms with Crippen molar-refractivity contribution >= 4 is 0 Å². The summed E-state index contributed by atoms with van der Waals surface area (Å²) in [5.74, 6) is 0. The highest BCUT2D eigenvalue weighted by Crippen LogP contribution is 2.02. The van der Waals surface area contributed by atoms with Crippen molar-refractivity contribution in [2.75, 3.05) is 0 Å². The van der Waals surface area contributed by atoms with Crippen molar-refractivity contribution in [2.24, 2.45) is 0 Å². The van der Waals surface area contributed by atoms with Crippen LogP contribution in [0.4, 0.5) is 0 Å². The Balaban J connectivity index is 2.34. The summed E-state index contributed by atoms with van der Waals surface area (Å²) in [5, 5.41) is 0. The summed E-state index contributed by atoms with van der Waals surface area (Å²) in [5.41, 5.74) is 0. The monoisotopic (exact) mass is 148 g/mol. The standard InChI is InChI=1S/C11H16/c1-2-4-6-8-10-11-9-7-5-3-1/h1-2,5-8H,3-4,9-11H2/b2-1+,7-5-,8-6?. The van der Waals surface area contributed by atoms with Gasteiger partial charge in [0, 0.05) is 0 Å². The van der Waals surface area contributed by atoms with Gasteiger partial charge in [-0.25, -0.2) is 0 Å². The lowest BCUT2D eigenvalue weighted by Gasteiger charge is -1.88. The number of hydrogen-bond acceptors (Lipinski definition) is 0. The second-order valence-electron chi connectivity index (χ2n) is 2.82. The van der Waals surface area contributed by atoms with Crippen LogP contribution in [0, 0.1) is 0 Å². The van der Waals surface area contributed by atoms with E-state index in [0.29, 0.717) is 0 Å². The lowest BCUT2D eigenvalue weighted by Crippen LogP contribution is -1.67. The molecule has 0 saturated heterocycles. The molecule has 11 heavy (non-hydrogen) atoms. The first-order valence-corrected chi connectivity index (χ1v) is 4.45. The molecule has 0 aromatic carbocycles. The maximum Gasteiger partial charge on any atom is -0.0169 e. The van der Waals surface area contributed by atoms with Crippen molar-refractivity contribution in [1.29, 1.82) is 0 Å². The Bertz CT molecular complexity index is 143. The highest BCUT2D eigenvalue weighted by molar-refractivity contribution is 4.98. The normalized spacial score (nSPS) is 25.5. The average Bonchev–Trinajstić information content (AvgIpc) is 2.08.